The average molecular weight is 637 g/mol. The van der Waals surface area contributed by atoms with Crippen molar-refractivity contribution in [2.75, 3.05) is 42.8 Å². The first-order valence-electron chi connectivity index (χ1n) is 14.7. The molecule has 0 saturated carbocycles. The molecule has 1 aliphatic rings. The molecule has 3 aromatic heterocycles. The van der Waals surface area contributed by atoms with Crippen molar-refractivity contribution in [3.05, 3.63) is 70.3 Å². The molecule has 1 fully saturated rings. The van der Waals surface area contributed by atoms with E-state index in [2.05, 4.69) is 44.4 Å². The number of hydrogen-bond donors (Lipinski definition) is 2. The highest BCUT2D eigenvalue weighted by molar-refractivity contribution is 7.85. The van der Waals surface area contributed by atoms with Gasteiger partial charge >= 0.3 is 0 Å². The van der Waals surface area contributed by atoms with Gasteiger partial charge in [-0.1, -0.05) is 13.8 Å². The molecule has 1 aromatic carbocycles. The Bertz CT molecular complexity index is 1790. The van der Waals surface area contributed by atoms with Gasteiger partial charge in [-0.2, -0.15) is 4.98 Å². The van der Waals surface area contributed by atoms with Crippen LogP contribution in [0, 0.1) is 11.7 Å². The molecule has 1 unspecified atom stereocenters. The van der Waals surface area contributed by atoms with Gasteiger partial charge in [0.05, 0.1) is 46.6 Å². The Morgan fingerprint density at radius 2 is 1.89 bits per heavy atom. The van der Waals surface area contributed by atoms with Gasteiger partial charge in [0.2, 0.25) is 5.95 Å². The summed E-state index contributed by atoms with van der Waals surface area (Å²) in [6.45, 7) is 9.06. The summed E-state index contributed by atoms with van der Waals surface area (Å²) in [7, 11) is -0.0272. The van der Waals surface area contributed by atoms with Gasteiger partial charge < -0.3 is 20.3 Å². The minimum atomic E-state index is -1.54. The van der Waals surface area contributed by atoms with Gasteiger partial charge in [0.1, 0.15) is 11.5 Å². The molecule has 3 atom stereocenters. The third-order valence-electron chi connectivity index (χ3n) is 7.45. The maximum Gasteiger partial charge on any atom is 0.263 e. The van der Waals surface area contributed by atoms with Gasteiger partial charge in [0.25, 0.3) is 5.56 Å². The van der Waals surface area contributed by atoms with E-state index < -0.39 is 22.3 Å². The summed E-state index contributed by atoms with van der Waals surface area (Å²) >= 11 is 0. The summed E-state index contributed by atoms with van der Waals surface area (Å²) in [5, 5.41) is 7.14. The fraction of sp³-hybridized carbons (Fsp3) is 0.419. The number of carbonyl (C=O) groups is 1. The van der Waals surface area contributed by atoms with Gasteiger partial charge in [-0.05, 0) is 38.1 Å². The molecular formula is C31H37FN8O4S. The van der Waals surface area contributed by atoms with Crippen LogP contribution in [0.4, 0.5) is 21.7 Å². The minimum absolute atomic E-state index is 0.0121. The number of ketones is 1. The van der Waals surface area contributed by atoms with Crippen LogP contribution in [0.15, 0.2) is 52.7 Å². The second-order valence-corrected chi connectivity index (χ2v) is 12.9. The Morgan fingerprint density at radius 1 is 1.16 bits per heavy atom. The maximum absolute atomic E-state index is 15.3. The van der Waals surface area contributed by atoms with E-state index in [0.717, 1.165) is 0 Å². The molecule has 4 heterocycles. The molecule has 45 heavy (non-hydrogen) atoms. The van der Waals surface area contributed by atoms with Crippen LogP contribution in [0.3, 0.4) is 0 Å². The first kappa shape index (κ1) is 32.3. The van der Waals surface area contributed by atoms with Crippen LogP contribution in [-0.2, 0) is 22.1 Å². The van der Waals surface area contributed by atoms with Crippen molar-refractivity contribution in [2.45, 2.75) is 51.3 Å². The molecular weight excluding hydrogens is 599 g/mol. The molecule has 0 bridgehead atoms. The summed E-state index contributed by atoms with van der Waals surface area (Å²) in [6.07, 6.45) is 4.38. The van der Waals surface area contributed by atoms with E-state index in [1.807, 2.05) is 4.90 Å². The maximum atomic E-state index is 15.3. The zero-order chi connectivity index (χ0) is 32.2. The number of halogens is 1. The van der Waals surface area contributed by atoms with Gasteiger partial charge in [-0.25, -0.2) is 14.4 Å². The van der Waals surface area contributed by atoms with Crippen molar-refractivity contribution >= 4 is 44.9 Å². The van der Waals surface area contributed by atoms with Crippen molar-refractivity contribution < 1.29 is 18.1 Å². The van der Waals surface area contributed by atoms with Crippen molar-refractivity contribution in [2.24, 2.45) is 5.92 Å². The first-order valence-corrected chi connectivity index (χ1v) is 16.1. The summed E-state index contributed by atoms with van der Waals surface area (Å²) < 4.78 is 34.7. The van der Waals surface area contributed by atoms with Crippen molar-refractivity contribution in [3.63, 3.8) is 0 Å². The SMILES string of the molecule is COCCS(=O)c1nccnc1Cn1c(=O)c(C(=O)C(C)C)cc2cnc(Nc3ccc(N4C[C@@H](C)N[C@@H](C)C4)c(F)c3)nc21. The topological polar surface area (TPSA) is 144 Å². The second-order valence-electron chi connectivity index (χ2n) is 11.5. The molecule has 1 aliphatic heterocycles. The molecule has 14 heteroatoms. The van der Waals surface area contributed by atoms with E-state index in [4.69, 9.17) is 4.74 Å². The molecule has 238 valence electrons. The molecule has 1 saturated heterocycles. The molecule has 2 N–H and O–H groups in total. The van der Waals surface area contributed by atoms with Gasteiger partial charge in [-0.15, -0.1) is 0 Å². The molecule has 4 aromatic rings. The number of ether oxygens (including phenoxy) is 1. The number of benzene rings is 1. The number of rotatable bonds is 11. The number of anilines is 3. The van der Waals surface area contributed by atoms with Crippen molar-refractivity contribution in [1.82, 2.24) is 29.8 Å². The Labute approximate surface area is 262 Å². The highest BCUT2D eigenvalue weighted by Gasteiger charge is 2.24. The zero-order valence-corrected chi connectivity index (χ0v) is 26.7. The Balaban J connectivity index is 1.53. The predicted octanol–water partition coefficient (Wildman–Crippen LogP) is 3.29. The van der Waals surface area contributed by atoms with Crippen LogP contribution in [0.2, 0.25) is 0 Å². The average Bonchev–Trinajstić information content (AvgIpc) is 3.00. The Morgan fingerprint density at radius 3 is 2.58 bits per heavy atom. The standard InChI is InChI=1S/C31H37FN8O4S/c1-18(2)27(41)23-12-21-14-35-31(37-22-6-7-26(24(32)13-22)39-15-19(3)36-20(4)16-39)38-28(21)40(30(23)42)17-25-29(34-9-8-33-25)45(43)11-10-44-5/h6-9,12-14,18-20,36H,10-11,15-17H2,1-5H3,(H,35,37,38)/t19-,20+,45?. The first-order chi connectivity index (χ1) is 21.5. The van der Waals surface area contributed by atoms with E-state index in [1.165, 1.54) is 42.4 Å². The Hall–Kier alpha value is -4.14. The minimum Gasteiger partial charge on any atom is -0.384 e. The smallest absolute Gasteiger partial charge is 0.263 e. The van der Waals surface area contributed by atoms with E-state index >= 15 is 4.39 Å². The quantitative estimate of drug-likeness (QED) is 0.234. The number of aromatic nitrogens is 5. The monoisotopic (exact) mass is 636 g/mol. The lowest BCUT2D eigenvalue weighted by Crippen LogP contribution is -2.54. The summed E-state index contributed by atoms with van der Waals surface area (Å²) in [5.41, 5.74) is 0.878. The van der Waals surface area contributed by atoms with Gasteiger partial charge in [0.15, 0.2) is 10.8 Å². The van der Waals surface area contributed by atoms with Crippen LogP contribution in [0.1, 0.15) is 43.7 Å². The van der Waals surface area contributed by atoms with Crippen LogP contribution < -0.4 is 21.1 Å². The summed E-state index contributed by atoms with van der Waals surface area (Å²) in [4.78, 5) is 46.5. The van der Waals surface area contributed by atoms with Crippen molar-refractivity contribution in [3.8, 4) is 0 Å². The number of carbonyl (C=O) groups excluding carboxylic acids is 1. The molecule has 12 nitrogen and oxygen atoms in total. The number of nitrogens with zero attached hydrogens (tertiary/aromatic N) is 6. The molecule has 5 rings (SSSR count). The van der Waals surface area contributed by atoms with E-state index in [9.17, 15) is 13.8 Å². The third-order valence-corrected chi connectivity index (χ3v) is 8.76. The second kappa shape index (κ2) is 13.9. The van der Waals surface area contributed by atoms with Crippen LogP contribution in [-0.4, -0.2) is 79.1 Å². The normalized spacial score (nSPS) is 17.5. The van der Waals surface area contributed by atoms with E-state index in [-0.39, 0.29) is 64.8 Å². The fourth-order valence-corrected chi connectivity index (χ4v) is 6.48. The molecule has 0 radical (unpaired) electrons. The van der Waals surface area contributed by atoms with Crippen LogP contribution in [0.25, 0.3) is 11.0 Å². The molecule has 0 amide bonds. The van der Waals surface area contributed by atoms with Gasteiger partial charge in [-0.3, -0.25) is 23.3 Å². The predicted molar refractivity (Wildman–Crippen MR) is 171 cm³/mol. The van der Waals surface area contributed by atoms with Gasteiger partial charge in [0, 0.05) is 67.9 Å². The lowest BCUT2D eigenvalue weighted by Gasteiger charge is -2.37. The number of Topliss-reactive ketones (excluding diaryl/α,β-unsaturated/α-hetero) is 1. The molecule has 0 aliphatic carbocycles. The molecule has 0 spiro atoms. The summed E-state index contributed by atoms with van der Waals surface area (Å²) in [6, 6.07) is 6.81. The fourth-order valence-electron chi connectivity index (χ4n) is 5.41. The number of nitrogens with one attached hydrogen (secondary N) is 2. The highest BCUT2D eigenvalue weighted by Crippen LogP contribution is 2.26. The number of pyridine rings is 1. The highest BCUT2D eigenvalue weighted by atomic mass is 32.2. The number of piperazine rings is 1. The van der Waals surface area contributed by atoms with E-state index in [1.54, 1.807) is 26.0 Å². The van der Waals surface area contributed by atoms with Crippen LogP contribution in [0.5, 0.6) is 0 Å². The lowest BCUT2D eigenvalue weighted by molar-refractivity contribution is 0.0937. The number of fused-ring (bicyclic) bond motifs is 1. The zero-order valence-electron chi connectivity index (χ0n) is 25.9. The lowest BCUT2D eigenvalue weighted by atomic mass is 10.0. The van der Waals surface area contributed by atoms with Crippen LogP contribution >= 0.6 is 0 Å². The van der Waals surface area contributed by atoms with E-state index in [0.29, 0.717) is 35.5 Å². The van der Waals surface area contributed by atoms with Crippen molar-refractivity contribution in [1.29, 1.82) is 0 Å². The number of hydrogen-bond acceptors (Lipinski definition) is 11. The summed E-state index contributed by atoms with van der Waals surface area (Å²) in [5.74, 6) is -0.817. The third kappa shape index (κ3) is 7.24. The number of methoxy groups -OCH3 is 1. The largest absolute Gasteiger partial charge is 0.384 e. The Kier molecular flexibility index (Phi) is 9.95.